The van der Waals surface area contributed by atoms with Gasteiger partial charge in [-0.2, -0.15) is 0 Å². The summed E-state index contributed by atoms with van der Waals surface area (Å²) in [6.45, 7) is 0. The molecule has 1 fully saturated rings. The van der Waals surface area contributed by atoms with Crippen molar-refractivity contribution < 1.29 is 4.52 Å². The SMILES string of the molecule is Clc1ccccc1-c1cnc(C2CC2)nc1-c1ccon1. The van der Waals surface area contributed by atoms with Gasteiger partial charge in [0, 0.05) is 34.3 Å². The van der Waals surface area contributed by atoms with E-state index in [1.807, 2.05) is 30.5 Å². The summed E-state index contributed by atoms with van der Waals surface area (Å²) in [5, 5.41) is 4.69. The van der Waals surface area contributed by atoms with Crippen molar-refractivity contribution in [3.8, 4) is 22.5 Å². The normalized spacial score (nSPS) is 14.3. The minimum Gasteiger partial charge on any atom is -0.364 e. The summed E-state index contributed by atoms with van der Waals surface area (Å²) >= 11 is 6.31. The van der Waals surface area contributed by atoms with E-state index in [0.717, 1.165) is 35.5 Å². The maximum Gasteiger partial charge on any atom is 0.132 e. The fourth-order valence-electron chi connectivity index (χ4n) is 2.34. The van der Waals surface area contributed by atoms with Crippen molar-refractivity contribution in [2.45, 2.75) is 18.8 Å². The Labute approximate surface area is 126 Å². The smallest absolute Gasteiger partial charge is 0.132 e. The van der Waals surface area contributed by atoms with Crippen molar-refractivity contribution in [1.82, 2.24) is 15.1 Å². The molecule has 1 aliphatic rings. The van der Waals surface area contributed by atoms with Gasteiger partial charge in [0.05, 0.1) is 0 Å². The average Bonchev–Trinajstić information content (AvgIpc) is 3.22. The molecular formula is C16H12ClN3O. The predicted octanol–water partition coefficient (Wildman–Crippen LogP) is 4.33. The predicted molar refractivity (Wildman–Crippen MR) is 80.0 cm³/mol. The standard InChI is InChI=1S/C16H12ClN3O/c17-13-4-2-1-3-11(13)12-9-18-16(10-5-6-10)19-15(12)14-7-8-21-20-14/h1-4,7-10H,5-6H2. The third kappa shape index (κ3) is 2.32. The quantitative estimate of drug-likeness (QED) is 0.722. The number of hydrogen-bond donors (Lipinski definition) is 0. The summed E-state index contributed by atoms with van der Waals surface area (Å²) in [4.78, 5) is 9.20. The van der Waals surface area contributed by atoms with Crippen LogP contribution >= 0.6 is 11.6 Å². The van der Waals surface area contributed by atoms with E-state index in [1.54, 1.807) is 12.3 Å². The summed E-state index contributed by atoms with van der Waals surface area (Å²) in [6, 6.07) is 9.47. The van der Waals surface area contributed by atoms with E-state index in [2.05, 4.69) is 10.1 Å². The molecule has 1 aromatic carbocycles. The van der Waals surface area contributed by atoms with Gasteiger partial charge in [-0.3, -0.25) is 0 Å². The van der Waals surface area contributed by atoms with Gasteiger partial charge < -0.3 is 4.52 Å². The molecule has 21 heavy (non-hydrogen) atoms. The summed E-state index contributed by atoms with van der Waals surface area (Å²) < 4.78 is 4.96. The molecule has 2 aromatic heterocycles. The molecule has 1 saturated carbocycles. The first-order valence-corrected chi connectivity index (χ1v) is 7.23. The molecule has 2 heterocycles. The Balaban J connectivity index is 1.92. The highest BCUT2D eigenvalue weighted by Gasteiger charge is 2.28. The summed E-state index contributed by atoms with van der Waals surface area (Å²) in [7, 11) is 0. The lowest BCUT2D eigenvalue weighted by Crippen LogP contribution is -1.98. The Bertz CT molecular complexity index is 782. The summed E-state index contributed by atoms with van der Waals surface area (Å²) in [5.74, 6) is 1.36. The van der Waals surface area contributed by atoms with E-state index in [-0.39, 0.29) is 0 Å². The minimum atomic E-state index is 0.482. The minimum absolute atomic E-state index is 0.482. The van der Waals surface area contributed by atoms with Crippen molar-refractivity contribution in [1.29, 1.82) is 0 Å². The highest BCUT2D eigenvalue weighted by molar-refractivity contribution is 6.33. The topological polar surface area (TPSA) is 51.8 Å². The molecule has 4 rings (SSSR count). The first kappa shape index (κ1) is 12.5. The molecule has 5 heteroatoms. The monoisotopic (exact) mass is 297 g/mol. The molecule has 104 valence electrons. The molecule has 0 aliphatic heterocycles. The third-order valence-electron chi connectivity index (χ3n) is 3.59. The Morgan fingerprint density at radius 3 is 2.67 bits per heavy atom. The molecule has 1 aliphatic carbocycles. The Hall–Kier alpha value is -2.20. The first-order chi connectivity index (χ1) is 10.3. The van der Waals surface area contributed by atoms with Crippen LogP contribution < -0.4 is 0 Å². The maximum atomic E-state index is 6.31. The lowest BCUT2D eigenvalue weighted by molar-refractivity contribution is 0.422. The van der Waals surface area contributed by atoms with Gasteiger partial charge in [-0.15, -0.1) is 0 Å². The Morgan fingerprint density at radius 2 is 1.95 bits per heavy atom. The van der Waals surface area contributed by atoms with Crippen molar-refractivity contribution in [3.63, 3.8) is 0 Å². The van der Waals surface area contributed by atoms with Gasteiger partial charge in [0.25, 0.3) is 0 Å². The van der Waals surface area contributed by atoms with Crippen LogP contribution in [0.15, 0.2) is 47.3 Å². The third-order valence-corrected chi connectivity index (χ3v) is 3.92. The van der Waals surface area contributed by atoms with Crippen LogP contribution in [-0.2, 0) is 0 Å². The van der Waals surface area contributed by atoms with E-state index in [0.29, 0.717) is 16.6 Å². The van der Waals surface area contributed by atoms with Gasteiger partial charge >= 0.3 is 0 Å². The molecule has 0 spiro atoms. The van der Waals surface area contributed by atoms with Crippen molar-refractivity contribution in [3.05, 3.63) is 53.6 Å². The van der Waals surface area contributed by atoms with Gasteiger partial charge in [0.15, 0.2) is 0 Å². The van der Waals surface area contributed by atoms with Crippen LogP contribution in [0.2, 0.25) is 5.02 Å². The van der Waals surface area contributed by atoms with Gasteiger partial charge in [-0.05, 0) is 18.9 Å². The number of halogens is 1. The Morgan fingerprint density at radius 1 is 1.10 bits per heavy atom. The van der Waals surface area contributed by atoms with Gasteiger partial charge in [0.1, 0.15) is 23.5 Å². The molecule has 3 aromatic rings. The summed E-state index contributed by atoms with van der Waals surface area (Å²) in [5.41, 5.74) is 3.25. The number of nitrogens with zero attached hydrogens (tertiary/aromatic N) is 3. The first-order valence-electron chi connectivity index (χ1n) is 6.85. The van der Waals surface area contributed by atoms with Crippen molar-refractivity contribution >= 4 is 11.6 Å². The number of rotatable bonds is 3. The second kappa shape index (κ2) is 4.97. The van der Waals surface area contributed by atoms with Gasteiger partial charge in [-0.25, -0.2) is 9.97 Å². The van der Waals surface area contributed by atoms with Crippen LogP contribution in [-0.4, -0.2) is 15.1 Å². The van der Waals surface area contributed by atoms with Crippen LogP contribution in [0.25, 0.3) is 22.5 Å². The van der Waals surface area contributed by atoms with Crippen molar-refractivity contribution in [2.24, 2.45) is 0 Å². The molecule has 0 radical (unpaired) electrons. The molecular weight excluding hydrogens is 286 g/mol. The highest BCUT2D eigenvalue weighted by atomic mass is 35.5. The second-order valence-corrected chi connectivity index (χ2v) is 5.54. The average molecular weight is 298 g/mol. The molecule has 0 unspecified atom stereocenters. The van der Waals surface area contributed by atoms with E-state index in [1.165, 1.54) is 0 Å². The zero-order valence-electron chi connectivity index (χ0n) is 11.2. The number of hydrogen-bond acceptors (Lipinski definition) is 4. The van der Waals surface area contributed by atoms with E-state index in [4.69, 9.17) is 21.1 Å². The fourth-order valence-corrected chi connectivity index (χ4v) is 2.58. The maximum absolute atomic E-state index is 6.31. The van der Waals surface area contributed by atoms with Crippen molar-refractivity contribution in [2.75, 3.05) is 0 Å². The number of benzene rings is 1. The zero-order chi connectivity index (χ0) is 14.2. The van der Waals surface area contributed by atoms with E-state index < -0.39 is 0 Å². The largest absolute Gasteiger partial charge is 0.364 e. The molecule has 4 nitrogen and oxygen atoms in total. The molecule has 0 N–H and O–H groups in total. The summed E-state index contributed by atoms with van der Waals surface area (Å²) in [6.07, 6.45) is 5.70. The van der Waals surface area contributed by atoms with Crippen LogP contribution in [0.3, 0.4) is 0 Å². The van der Waals surface area contributed by atoms with Crippen LogP contribution in [0.5, 0.6) is 0 Å². The van der Waals surface area contributed by atoms with Gasteiger partial charge in [-0.1, -0.05) is 35.0 Å². The Kier molecular flexibility index (Phi) is 2.97. The van der Waals surface area contributed by atoms with Gasteiger partial charge in [0.2, 0.25) is 0 Å². The van der Waals surface area contributed by atoms with Crippen LogP contribution in [0.4, 0.5) is 0 Å². The highest BCUT2D eigenvalue weighted by Crippen LogP contribution is 2.40. The molecule has 0 amide bonds. The lowest BCUT2D eigenvalue weighted by atomic mass is 10.0. The molecule has 0 atom stereocenters. The van der Waals surface area contributed by atoms with E-state index in [9.17, 15) is 0 Å². The van der Waals surface area contributed by atoms with E-state index >= 15 is 0 Å². The zero-order valence-corrected chi connectivity index (χ0v) is 11.9. The lowest BCUT2D eigenvalue weighted by Gasteiger charge is -2.09. The second-order valence-electron chi connectivity index (χ2n) is 5.13. The molecule has 0 saturated heterocycles. The van der Waals surface area contributed by atoms with Crippen LogP contribution in [0.1, 0.15) is 24.6 Å². The number of aromatic nitrogens is 3. The fraction of sp³-hybridized carbons (Fsp3) is 0.188. The van der Waals surface area contributed by atoms with Crippen LogP contribution in [0, 0.1) is 0 Å². The molecule has 0 bridgehead atoms.